The van der Waals surface area contributed by atoms with Crippen LogP contribution in [0.15, 0.2) is 67.0 Å². The molecule has 0 aliphatic carbocycles. The maximum atomic E-state index is 6.04. The van der Waals surface area contributed by atoms with Crippen LogP contribution in [0, 0.1) is 0 Å². The maximum absolute atomic E-state index is 6.04. The molecule has 0 aliphatic heterocycles. The second-order valence-electron chi connectivity index (χ2n) is 5.27. The van der Waals surface area contributed by atoms with E-state index < -0.39 is 0 Å². The average molecular weight is 312 g/mol. The van der Waals surface area contributed by atoms with Gasteiger partial charge < -0.3 is 5.32 Å². The molecule has 0 saturated heterocycles. The van der Waals surface area contributed by atoms with Gasteiger partial charge in [0.1, 0.15) is 0 Å². The summed E-state index contributed by atoms with van der Waals surface area (Å²) in [6, 6.07) is 18.5. The second kappa shape index (κ2) is 6.77. The molecular formula is C18H18ClN3. The molecule has 0 bridgehead atoms. The van der Waals surface area contributed by atoms with E-state index in [2.05, 4.69) is 47.7 Å². The molecule has 1 aromatic heterocycles. The van der Waals surface area contributed by atoms with E-state index in [4.69, 9.17) is 11.6 Å². The summed E-state index contributed by atoms with van der Waals surface area (Å²) in [5, 5.41) is 8.52. The molecule has 3 aromatic rings. The summed E-state index contributed by atoms with van der Waals surface area (Å²) in [6.45, 7) is 2.96. The molecule has 1 N–H and O–H groups in total. The van der Waals surface area contributed by atoms with Crippen molar-refractivity contribution in [3.63, 3.8) is 0 Å². The molecule has 112 valence electrons. The van der Waals surface area contributed by atoms with Crippen LogP contribution in [0.4, 0.5) is 0 Å². The molecule has 2 aromatic carbocycles. The van der Waals surface area contributed by atoms with E-state index >= 15 is 0 Å². The van der Waals surface area contributed by atoms with Crippen LogP contribution in [-0.4, -0.2) is 9.78 Å². The summed E-state index contributed by atoms with van der Waals surface area (Å²) in [4.78, 5) is 0. The molecular weight excluding hydrogens is 294 g/mol. The van der Waals surface area contributed by atoms with E-state index in [0.717, 1.165) is 17.3 Å². The fourth-order valence-corrected chi connectivity index (χ4v) is 2.55. The van der Waals surface area contributed by atoms with Crippen molar-refractivity contribution in [3.05, 3.63) is 83.1 Å². The van der Waals surface area contributed by atoms with Crippen molar-refractivity contribution in [2.45, 2.75) is 19.5 Å². The van der Waals surface area contributed by atoms with E-state index in [0.29, 0.717) is 0 Å². The molecule has 22 heavy (non-hydrogen) atoms. The molecule has 0 saturated carbocycles. The SMILES string of the molecule is CC(NCc1ccc(-n2cccn2)cc1)c1cccc(Cl)c1. The van der Waals surface area contributed by atoms with E-state index in [1.165, 1.54) is 11.1 Å². The van der Waals surface area contributed by atoms with Gasteiger partial charge in [0, 0.05) is 30.0 Å². The fraction of sp³-hybridized carbons (Fsp3) is 0.167. The zero-order chi connectivity index (χ0) is 15.4. The lowest BCUT2D eigenvalue weighted by atomic mass is 10.1. The normalized spacial score (nSPS) is 12.3. The van der Waals surface area contributed by atoms with Gasteiger partial charge in [-0.1, -0.05) is 35.9 Å². The van der Waals surface area contributed by atoms with Crippen molar-refractivity contribution in [2.24, 2.45) is 0 Å². The lowest BCUT2D eigenvalue weighted by molar-refractivity contribution is 0.574. The lowest BCUT2D eigenvalue weighted by Crippen LogP contribution is -2.18. The standard InChI is InChI=1S/C18H18ClN3/c1-14(16-4-2-5-17(19)12-16)20-13-15-6-8-18(9-7-15)22-11-3-10-21-22/h2-12,14,20H,13H2,1H3. The van der Waals surface area contributed by atoms with Gasteiger partial charge in [-0.05, 0) is 48.4 Å². The van der Waals surface area contributed by atoms with Gasteiger partial charge in [-0.3, -0.25) is 0 Å². The number of hydrogen-bond donors (Lipinski definition) is 1. The van der Waals surface area contributed by atoms with E-state index in [1.807, 2.05) is 35.1 Å². The van der Waals surface area contributed by atoms with Crippen LogP contribution >= 0.6 is 11.6 Å². The number of nitrogens with one attached hydrogen (secondary N) is 1. The van der Waals surface area contributed by atoms with E-state index in [-0.39, 0.29) is 6.04 Å². The molecule has 0 aliphatic rings. The quantitative estimate of drug-likeness (QED) is 0.758. The van der Waals surface area contributed by atoms with Gasteiger partial charge >= 0.3 is 0 Å². The van der Waals surface area contributed by atoms with Gasteiger partial charge in [0.15, 0.2) is 0 Å². The molecule has 0 fully saturated rings. The van der Waals surface area contributed by atoms with Crippen molar-refractivity contribution < 1.29 is 0 Å². The first-order valence-electron chi connectivity index (χ1n) is 7.30. The second-order valence-corrected chi connectivity index (χ2v) is 5.71. The van der Waals surface area contributed by atoms with Crippen molar-refractivity contribution in [1.82, 2.24) is 15.1 Å². The van der Waals surface area contributed by atoms with E-state index in [9.17, 15) is 0 Å². The third-order valence-electron chi connectivity index (χ3n) is 3.67. The number of aromatic nitrogens is 2. The predicted octanol–water partition coefficient (Wildman–Crippen LogP) is 4.38. The first-order chi connectivity index (χ1) is 10.7. The van der Waals surface area contributed by atoms with Gasteiger partial charge in [-0.15, -0.1) is 0 Å². The molecule has 1 unspecified atom stereocenters. The number of hydrogen-bond acceptors (Lipinski definition) is 2. The highest BCUT2D eigenvalue weighted by Gasteiger charge is 2.05. The highest BCUT2D eigenvalue weighted by atomic mass is 35.5. The largest absolute Gasteiger partial charge is 0.306 e. The van der Waals surface area contributed by atoms with Crippen LogP contribution in [0.1, 0.15) is 24.1 Å². The van der Waals surface area contributed by atoms with Crippen molar-refractivity contribution in [2.75, 3.05) is 0 Å². The van der Waals surface area contributed by atoms with Gasteiger partial charge in [-0.2, -0.15) is 5.10 Å². The molecule has 0 radical (unpaired) electrons. The minimum atomic E-state index is 0.254. The van der Waals surface area contributed by atoms with E-state index in [1.54, 1.807) is 6.20 Å². The van der Waals surface area contributed by atoms with Crippen molar-refractivity contribution in [3.8, 4) is 5.69 Å². The van der Waals surface area contributed by atoms with Gasteiger partial charge in [0.25, 0.3) is 0 Å². The fourth-order valence-electron chi connectivity index (χ4n) is 2.35. The summed E-state index contributed by atoms with van der Waals surface area (Å²) in [6.07, 6.45) is 3.72. The third kappa shape index (κ3) is 3.56. The number of benzene rings is 2. The lowest BCUT2D eigenvalue weighted by Gasteiger charge is -2.15. The molecule has 4 heteroatoms. The van der Waals surface area contributed by atoms with Crippen LogP contribution in [-0.2, 0) is 6.54 Å². The Bertz CT molecular complexity index is 720. The highest BCUT2D eigenvalue weighted by molar-refractivity contribution is 6.30. The van der Waals surface area contributed by atoms with Gasteiger partial charge in [0.2, 0.25) is 0 Å². The minimum absolute atomic E-state index is 0.254. The molecule has 3 nitrogen and oxygen atoms in total. The number of halogens is 1. The predicted molar refractivity (Wildman–Crippen MR) is 90.3 cm³/mol. The first-order valence-corrected chi connectivity index (χ1v) is 7.68. The Morgan fingerprint density at radius 2 is 1.95 bits per heavy atom. The smallest absolute Gasteiger partial charge is 0.0645 e. The Kier molecular flexibility index (Phi) is 4.56. The number of nitrogens with zero attached hydrogens (tertiary/aromatic N) is 2. The first kappa shape index (κ1) is 14.8. The van der Waals surface area contributed by atoms with Crippen molar-refractivity contribution in [1.29, 1.82) is 0 Å². The summed E-state index contributed by atoms with van der Waals surface area (Å²) < 4.78 is 1.85. The third-order valence-corrected chi connectivity index (χ3v) is 3.90. The van der Waals surface area contributed by atoms with Gasteiger partial charge in [0.05, 0.1) is 5.69 Å². The Morgan fingerprint density at radius 1 is 1.14 bits per heavy atom. The zero-order valence-electron chi connectivity index (χ0n) is 12.4. The van der Waals surface area contributed by atoms with Crippen LogP contribution in [0.3, 0.4) is 0 Å². The Balaban J connectivity index is 1.62. The maximum Gasteiger partial charge on any atom is 0.0645 e. The summed E-state index contributed by atoms with van der Waals surface area (Å²) in [7, 11) is 0. The Labute approximate surface area is 135 Å². The molecule has 1 heterocycles. The van der Waals surface area contributed by atoms with Crippen LogP contribution in [0.5, 0.6) is 0 Å². The average Bonchev–Trinajstić information content (AvgIpc) is 3.07. The molecule has 3 rings (SSSR count). The zero-order valence-corrected chi connectivity index (χ0v) is 13.2. The molecule has 0 amide bonds. The minimum Gasteiger partial charge on any atom is -0.306 e. The van der Waals surface area contributed by atoms with Crippen molar-refractivity contribution >= 4 is 11.6 Å². The highest BCUT2D eigenvalue weighted by Crippen LogP contribution is 2.18. The topological polar surface area (TPSA) is 29.9 Å². The summed E-state index contributed by atoms with van der Waals surface area (Å²) in [5.74, 6) is 0. The van der Waals surface area contributed by atoms with Crippen LogP contribution in [0.2, 0.25) is 5.02 Å². The molecule has 1 atom stereocenters. The Morgan fingerprint density at radius 3 is 2.64 bits per heavy atom. The number of rotatable bonds is 5. The van der Waals surface area contributed by atoms with Crippen LogP contribution in [0.25, 0.3) is 5.69 Å². The van der Waals surface area contributed by atoms with Gasteiger partial charge in [-0.25, -0.2) is 4.68 Å². The Hall–Kier alpha value is -2.10. The summed E-state index contributed by atoms with van der Waals surface area (Å²) >= 11 is 6.04. The van der Waals surface area contributed by atoms with Crippen LogP contribution < -0.4 is 5.32 Å². The summed E-state index contributed by atoms with van der Waals surface area (Å²) in [5.41, 5.74) is 3.50. The monoisotopic (exact) mass is 311 g/mol. The molecule has 0 spiro atoms.